The number of carbonyl (C=O) groups is 1. The third-order valence-corrected chi connectivity index (χ3v) is 7.66. The molecule has 23 heavy (non-hydrogen) atoms. The molecule has 0 amide bonds. The predicted octanol–water partition coefficient (Wildman–Crippen LogP) is 3.05. The molecule has 0 heterocycles. The van der Waals surface area contributed by atoms with E-state index < -0.39 is 0 Å². The maximum Gasteiger partial charge on any atom is 0.312 e. The second-order valence-electron chi connectivity index (χ2n) is 8.13. The van der Waals surface area contributed by atoms with E-state index in [4.69, 9.17) is 10.5 Å². The van der Waals surface area contributed by atoms with Gasteiger partial charge in [-0.05, 0) is 56.0 Å². The molecule has 2 fully saturated rings. The fourth-order valence-corrected chi connectivity index (χ4v) is 6.07. The van der Waals surface area contributed by atoms with E-state index in [-0.39, 0.29) is 28.3 Å². The maximum absolute atomic E-state index is 12.8. The van der Waals surface area contributed by atoms with E-state index >= 15 is 0 Å². The molecule has 0 saturated heterocycles. The number of nitrogens with two attached hydrogens (primary N) is 1. The molecule has 0 aromatic carbocycles. The van der Waals surface area contributed by atoms with Crippen LogP contribution in [-0.4, -0.2) is 42.6 Å². The number of ether oxygens (including phenoxy) is 1. The molecule has 4 atom stereocenters. The van der Waals surface area contributed by atoms with Crippen molar-refractivity contribution in [2.24, 2.45) is 28.4 Å². The van der Waals surface area contributed by atoms with Crippen molar-refractivity contribution < 1.29 is 9.53 Å². The number of hydrogen-bond acceptors (Lipinski definition) is 4. The first-order valence-electron chi connectivity index (χ1n) is 9.38. The smallest absolute Gasteiger partial charge is 0.312 e. The molecule has 2 saturated carbocycles. The van der Waals surface area contributed by atoms with Crippen LogP contribution in [0.15, 0.2) is 0 Å². The molecular weight excluding hydrogens is 288 g/mol. The molecule has 0 radical (unpaired) electrons. The Hall–Kier alpha value is -0.610. The summed E-state index contributed by atoms with van der Waals surface area (Å²) >= 11 is 0. The number of esters is 1. The lowest BCUT2D eigenvalue weighted by molar-refractivity contribution is -0.162. The molecular formula is C19H36N2O2. The zero-order valence-corrected chi connectivity index (χ0v) is 15.9. The van der Waals surface area contributed by atoms with Gasteiger partial charge in [-0.2, -0.15) is 0 Å². The van der Waals surface area contributed by atoms with E-state index in [0.29, 0.717) is 19.1 Å². The molecule has 134 valence electrons. The largest absolute Gasteiger partial charge is 0.466 e. The quantitative estimate of drug-likeness (QED) is 0.731. The zero-order chi connectivity index (χ0) is 17.5. The van der Waals surface area contributed by atoms with Crippen molar-refractivity contribution in [3.63, 3.8) is 0 Å². The number of nitrogens with zero attached hydrogens (tertiary/aromatic N) is 1. The number of hydrogen-bond donors (Lipinski definition) is 1. The van der Waals surface area contributed by atoms with Gasteiger partial charge in [0.25, 0.3) is 0 Å². The summed E-state index contributed by atoms with van der Waals surface area (Å²) in [4.78, 5) is 15.3. The summed E-state index contributed by atoms with van der Waals surface area (Å²) in [5, 5.41) is 0. The van der Waals surface area contributed by atoms with Crippen molar-refractivity contribution in [1.29, 1.82) is 0 Å². The van der Waals surface area contributed by atoms with Crippen LogP contribution in [0, 0.1) is 22.7 Å². The van der Waals surface area contributed by atoms with Crippen molar-refractivity contribution in [3.05, 3.63) is 0 Å². The third kappa shape index (κ3) is 2.28. The highest BCUT2D eigenvalue weighted by molar-refractivity contribution is 5.75. The van der Waals surface area contributed by atoms with Crippen molar-refractivity contribution in [3.8, 4) is 0 Å². The number of rotatable bonds is 7. The van der Waals surface area contributed by atoms with Gasteiger partial charge in [0.15, 0.2) is 0 Å². The maximum atomic E-state index is 12.8. The highest BCUT2D eigenvalue weighted by Gasteiger charge is 2.72. The lowest BCUT2D eigenvalue weighted by atomic mass is 9.57. The standard InChI is InChI=1S/C19H36N2O2/c1-7-21(8-2)19(15(13-20)16(22)23-9-3)12-14-10-11-18(19,6)17(14,4)5/h14-15H,7-13,20H2,1-6H3/t14-,15+,18+,19-/m1/s1. The minimum atomic E-state index is -0.239. The van der Waals surface area contributed by atoms with E-state index in [1.54, 1.807) is 0 Å². The van der Waals surface area contributed by atoms with Crippen molar-refractivity contribution in [1.82, 2.24) is 4.90 Å². The van der Waals surface area contributed by atoms with Crippen LogP contribution in [0.1, 0.15) is 60.8 Å². The minimum Gasteiger partial charge on any atom is -0.466 e. The van der Waals surface area contributed by atoms with Crippen LogP contribution in [0.25, 0.3) is 0 Å². The summed E-state index contributed by atoms with van der Waals surface area (Å²) in [6.45, 7) is 16.2. The third-order valence-electron chi connectivity index (χ3n) is 7.66. The molecule has 2 bridgehead atoms. The second-order valence-corrected chi connectivity index (χ2v) is 8.13. The number of carbonyl (C=O) groups excluding carboxylic acids is 1. The summed E-state index contributed by atoms with van der Waals surface area (Å²) in [7, 11) is 0. The van der Waals surface area contributed by atoms with E-state index in [0.717, 1.165) is 19.5 Å². The molecule has 0 aliphatic heterocycles. The van der Waals surface area contributed by atoms with Gasteiger partial charge < -0.3 is 10.5 Å². The van der Waals surface area contributed by atoms with E-state index in [1.807, 2.05) is 6.92 Å². The lowest BCUT2D eigenvalue weighted by Gasteiger charge is -2.57. The van der Waals surface area contributed by atoms with Gasteiger partial charge in [0.2, 0.25) is 0 Å². The van der Waals surface area contributed by atoms with Crippen molar-refractivity contribution >= 4 is 5.97 Å². The van der Waals surface area contributed by atoms with E-state index in [9.17, 15) is 4.79 Å². The molecule has 4 heteroatoms. The van der Waals surface area contributed by atoms with Crippen LogP contribution in [0.2, 0.25) is 0 Å². The van der Waals surface area contributed by atoms with Crippen LogP contribution >= 0.6 is 0 Å². The molecule has 0 unspecified atom stereocenters. The highest BCUT2D eigenvalue weighted by atomic mass is 16.5. The summed E-state index contributed by atoms with van der Waals surface area (Å²) in [5.74, 6) is 0.319. The topological polar surface area (TPSA) is 55.6 Å². The van der Waals surface area contributed by atoms with Gasteiger partial charge in [-0.25, -0.2) is 0 Å². The molecule has 0 spiro atoms. The Labute approximate surface area is 142 Å². The minimum absolute atomic E-state index is 0.0908. The van der Waals surface area contributed by atoms with Crippen LogP contribution in [-0.2, 0) is 9.53 Å². The Bertz CT molecular complexity index is 447. The Morgan fingerprint density at radius 2 is 1.87 bits per heavy atom. The fraction of sp³-hybridized carbons (Fsp3) is 0.947. The molecule has 2 aliphatic rings. The Morgan fingerprint density at radius 1 is 1.26 bits per heavy atom. The molecule has 0 aromatic heterocycles. The average Bonchev–Trinajstić information content (AvgIpc) is 2.82. The lowest BCUT2D eigenvalue weighted by Crippen LogP contribution is -2.66. The first-order valence-corrected chi connectivity index (χ1v) is 9.38. The van der Waals surface area contributed by atoms with Crippen LogP contribution in [0.4, 0.5) is 0 Å². The SMILES string of the molecule is CCOC(=O)[C@H](CN)[C@]1(N(CC)CC)C[C@H]2CC[C@@]1(C)C2(C)C. The van der Waals surface area contributed by atoms with Crippen LogP contribution < -0.4 is 5.73 Å². The monoisotopic (exact) mass is 324 g/mol. The first-order chi connectivity index (χ1) is 10.8. The summed E-state index contributed by atoms with van der Waals surface area (Å²) in [6.07, 6.45) is 3.52. The molecule has 0 aromatic rings. The van der Waals surface area contributed by atoms with E-state index in [1.165, 1.54) is 12.8 Å². The Balaban J connectivity index is 2.57. The zero-order valence-electron chi connectivity index (χ0n) is 15.9. The van der Waals surface area contributed by atoms with Gasteiger partial charge in [-0.3, -0.25) is 9.69 Å². The van der Waals surface area contributed by atoms with Gasteiger partial charge in [0.1, 0.15) is 0 Å². The van der Waals surface area contributed by atoms with Crippen LogP contribution in [0.5, 0.6) is 0 Å². The van der Waals surface area contributed by atoms with Gasteiger partial charge in [0, 0.05) is 12.1 Å². The second kappa shape index (κ2) is 6.36. The van der Waals surface area contributed by atoms with Crippen molar-refractivity contribution in [2.45, 2.75) is 66.3 Å². The van der Waals surface area contributed by atoms with E-state index in [2.05, 4.69) is 39.5 Å². The summed E-state index contributed by atoms with van der Waals surface area (Å²) < 4.78 is 5.45. The molecule has 2 aliphatic carbocycles. The summed E-state index contributed by atoms with van der Waals surface area (Å²) in [6, 6.07) is 0. The number of fused-ring (bicyclic) bond motifs is 2. The predicted molar refractivity (Wildman–Crippen MR) is 94.1 cm³/mol. The summed E-state index contributed by atoms with van der Waals surface area (Å²) in [5.41, 5.74) is 6.31. The first kappa shape index (κ1) is 18.7. The fourth-order valence-electron chi connectivity index (χ4n) is 6.07. The highest BCUT2D eigenvalue weighted by Crippen LogP contribution is 2.72. The average molecular weight is 325 g/mol. The Morgan fingerprint density at radius 3 is 2.22 bits per heavy atom. The van der Waals surface area contributed by atoms with Crippen LogP contribution in [0.3, 0.4) is 0 Å². The molecule has 2 N–H and O–H groups in total. The Kier molecular flexibility index (Phi) is 5.18. The van der Waals surface area contributed by atoms with Crippen molar-refractivity contribution in [2.75, 3.05) is 26.2 Å². The molecule has 4 nitrogen and oxygen atoms in total. The van der Waals surface area contributed by atoms with Gasteiger partial charge >= 0.3 is 5.97 Å². The molecule has 2 rings (SSSR count). The van der Waals surface area contributed by atoms with Gasteiger partial charge in [-0.1, -0.05) is 34.6 Å². The van der Waals surface area contributed by atoms with Gasteiger partial charge in [-0.15, -0.1) is 0 Å². The van der Waals surface area contributed by atoms with Gasteiger partial charge in [0.05, 0.1) is 12.5 Å². The normalized spacial score (nSPS) is 36.4.